The topological polar surface area (TPSA) is 32.3 Å². The summed E-state index contributed by atoms with van der Waals surface area (Å²) in [5.41, 5.74) is 0.592. The molecular weight excluding hydrogens is 188 g/mol. The second-order valence-electron chi connectivity index (χ2n) is 4.29. The Labute approximate surface area is 92.5 Å². The minimum atomic E-state index is -0.0174. The number of rotatable bonds is 6. The first kappa shape index (κ1) is 12.2. The Morgan fingerprint density at radius 1 is 1.33 bits per heavy atom. The molecule has 1 heterocycles. The Hall–Kier alpha value is -0.830. The largest absolute Gasteiger partial charge is 0.352 e. The van der Waals surface area contributed by atoms with Crippen LogP contribution in [0, 0.1) is 0 Å². The number of carbonyl (C=O) groups is 1. The fraction of sp³-hybridized carbons (Fsp3) is 0.750. The zero-order valence-electron chi connectivity index (χ0n) is 9.72. The summed E-state index contributed by atoms with van der Waals surface area (Å²) in [7, 11) is 0. The van der Waals surface area contributed by atoms with E-state index in [9.17, 15) is 4.79 Å². The highest BCUT2D eigenvalue weighted by atomic mass is 16.1. The van der Waals surface area contributed by atoms with Crippen molar-refractivity contribution in [1.29, 1.82) is 0 Å². The first-order valence-electron chi connectivity index (χ1n) is 5.86. The van der Waals surface area contributed by atoms with Crippen LogP contribution in [0.2, 0.25) is 0 Å². The van der Waals surface area contributed by atoms with Crippen LogP contribution in [0.1, 0.15) is 32.6 Å². The Morgan fingerprint density at radius 3 is 2.60 bits per heavy atom. The molecule has 0 atom stereocenters. The van der Waals surface area contributed by atoms with Gasteiger partial charge in [0.05, 0.1) is 0 Å². The highest BCUT2D eigenvalue weighted by Crippen LogP contribution is 2.07. The third-order valence-corrected chi connectivity index (χ3v) is 2.77. The fourth-order valence-electron chi connectivity index (χ4n) is 1.82. The van der Waals surface area contributed by atoms with Gasteiger partial charge >= 0.3 is 0 Å². The van der Waals surface area contributed by atoms with Crippen molar-refractivity contribution in [1.82, 2.24) is 10.2 Å². The SMILES string of the molecule is C=C(C)C(=O)NCCCCN1CCCC1. The van der Waals surface area contributed by atoms with Crippen molar-refractivity contribution in [2.75, 3.05) is 26.2 Å². The minimum absolute atomic E-state index is 0.0174. The van der Waals surface area contributed by atoms with Gasteiger partial charge in [-0.3, -0.25) is 4.79 Å². The first-order valence-corrected chi connectivity index (χ1v) is 5.86. The molecule has 1 rings (SSSR count). The van der Waals surface area contributed by atoms with Crippen LogP contribution in [0.15, 0.2) is 12.2 Å². The summed E-state index contributed by atoms with van der Waals surface area (Å²) in [4.78, 5) is 13.6. The molecule has 0 aliphatic carbocycles. The fourth-order valence-corrected chi connectivity index (χ4v) is 1.82. The van der Waals surface area contributed by atoms with Gasteiger partial charge in [-0.25, -0.2) is 0 Å². The molecule has 15 heavy (non-hydrogen) atoms. The predicted molar refractivity (Wildman–Crippen MR) is 62.7 cm³/mol. The summed E-state index contributed by atoms with van der Waals surface area (Å²) in [5.74, 6) is -0.0174. The van der Waals surface area contributed by atoms with E-state index in [1.54, 1.807) is 6.92 Å². The van der Waals surface area contributed by atoms with Crippen LogP contribution in [-0.4, -0.2) is 37.0 Å². The second-order valence-corrected chi connectivity index (χ2v) is 4.29. The normalized spacial score (nSPS) is 16.6. The lowest BCUT2D eigenvalue weighted by molar-refractivity contribution is -0.117. The van der Waals surface area contributed by atoms with Crippen LogP contribution < -0.4 is 5.32 Å². The van der Waals surface area contributed by atoms with Crippen molar-refractivity contribution in [3.63, 3.8) is 0 Å². The van der Waals surface area contributed by atoms with E-state index in [2.05, 4.69) is 16.8 Å². The van der Waals surface area contributed by atoms with E-state index in [1.807, 2.05) is 0 Å². The number of amides is 1. The summed E-state index contributed by atoms with van der Waals surface area (Å²) in [6, 6.07) is 0. The van der Waals surface area contributed by atoms with Crippen LogP contribution in [0.3, 0.4) is 0 Å². The third-order valence-electron chi connectivity index (χ3n) is 2.77. The van der Waals surface area contributed by atoms with Crippen molar-refractivity contribution in [2.24, 2.45) is 0 Å². The third kappa shape index (κ3) is 4.98. The van der Waals surface area contributed by atoms with E-state index in [0.29, 0.717) is 5.57 Å². The zero-order valence-corrected chi connectivity index (χ0v) is 9.72. The minimum Gasteiger partial charge on any atom is -0.352 e. The number of hydrogen-bond donors (Lipinski definition) is 1. The second kappa shape index (κ2) is 6.62. The van der Waals surface area contributed by atoms with E-state index in [-0.39, 0.29) is 5.91 Å². The molecule has 0 aromatic rings. The standard InChI is InChI=1S/C12H22N2O/c1-11(2)12(15)13-7-3-4-8-14-9-5-6-10-14/h1,3-10H2,2H3,(H,13,15). The summed E-state index contributed by atoms with van der Waals surface area (Å²) in [6.45, 7) is 9.82. The number of hydrogen-bond acceptors (Lipinski definition) is 2. The number of carbonyl (C=O) groups excluding carboxylic acids is 1. The molecule has 1 fully saturated rings. The van der Waals surface area contributed by atoms with Gasteiger partial charge in [0, 0.05) is 12.1 Å². The van der Waals surface area contributed by atoms with Crippen molar-refractivity contribution in [2.45, 2.75) is 32.6 Å². The van der Waals surface area contributed by atoms with Gasteiger partial charge in [-0.15, -0.1) is 0 Å². The van der Waals surface area contributed by atoms with Crippen molar-refractivity contribution in [3.8, 4) is 0 Å². The quantitative estimate of drug-likeness (QED) is 0.533. The van der Waals surface area contributed by atoms with E-state index >= 15 is 0 Å². The van der Waals surface area contributed by atoms with E-state index < -0.39 is 0 Å². The van der Waals surface area contributed by atoms with Crippen LogP contribution >= 0.6 is 0 Å². The molecule has 1 aliphatic heterocycles. The highest BCUT2D eigenvalue weighted by molar-refractivity contribution is 5.91. The van der Waals surface area contributed by atoms with Crippen molar-refractivity contribution in [3.05, 3.63) is 12.2 Å². The number of nitrogens with zero attached hydrogens (tertiary/aromatic N) is 1. The lowest BCUT2D eigenvalue weighted by Crippen LogP contribution is -2.26. The maximum atomic E-state index is 11.1. The molecule has 0 unspecified atom stereocenters. The predicted octanol–water partition coefficient (Wildman–Crippen LogP) is 1.55. The Bertz CT molecular complexity index is 220. The number of unbranched alkanes of at least 4 members (excludes halogenated alkanes) is 1. The van der Waals surface area contributed by atoms with Crippen molar-refractivity contribution >= 4 is 5.91 Å². The molecule has 0 spiro atoms. The van der Waals surface area contributed by atoms with E-state index in [4.69, 9.17) is 0 Å². The average molecular weight is 210 g/mol. The van der Waals surface area contributed by atoms with Gasteiger partial charge in [0.1, 0.15) is 0 Å². The summed E-state index contributed by atoms with van der Waals surface area (Å²) < 4.78 is 0. The van der Waals surface area contributed by atoms with Gasteiger partial charge in [-0.2, -0.15) is 0 Å². The molecule has 1 saturated heterocycles. The maximum absolute atomic E-state index is 11.1. The van der Waals surface area contributed by atoms with Gasteiger partial charge in [-0.05, 0) is 52.2 Å². The lowest BCUT2D eigenvalue weighted by atomic mass is 10.2. The smallest absolute Gasteiger partial charge is 0.246 e. The van der Waals surface area contributed by atoms with Gasteiger partial charge in [0.25, 0.3) is 0 Å². The molecule has 0 bridgehead atoms. The molecule has 0 aromatic heterocycles. The number of likely N-dealkylation sites (tertiary alicyclic amines) is 1. The Balaban J connectivity index is 1.92. The summed E-state index contributed by atoms with van der Waals surface area (Å²) in [5, 5.41) is 2.85. The molecule has 86 valence electrons. The molecule has 3 nitrogen and oxygen atoms in total. The highest BCUT2D eigenvalue weighted by Gasteiger charge is 2.10. The van der Waals surface area contributed by atoms with E-state index in [1.165, 1.54) is 38.9 Å². The average Bonchev–Trinajstić information content (AvgIpc) is 2.69. The van der Waals surface area contributed by atoms with Gasteiger partial charge < -0.3 is 10.2 Å². The van der Waals surface area contributed by atoms with Crippen LogP contribution in [0.25, 0.3) is 0 Å². The molecule has 1 aliphatic rings. The molecule has 0 saturated carbocycles. The maximum Gasteiger partial charge on any atom is 0.246 e. The van der Waals surface area contributed by atoms with Gasteiger partial charge in [0.15, 0.2) is 0 Å². The van der Waals surface area contributed by atoms with Crippen LogP contribution in [0.4, 0.5) is 0 Å². The van der Waals surface area contributed by atoms with E-state index in [0.717, 1.165) is 13.0 Å². The van der Waals surface area contributed by atoms with Crippen LogP contribution in [0.5, 0.6) is 0 Å². The summed E-state index contributed by atoms with van der Waals surface area (Å²) >= 11 is 0. The van der Waals surface area contributed by atoms with Crippen LogP contribution in [-0.2, 0) is 4.79 Å². The molecule has 0 aromatic carbocycles. The molecule has 1 amide bonds. The van der Waals surface area contributed by atoms with Gasteiger partial charge in [0.2, 0.25) is 5.91 Å². The molecule has 0 radical (unpaired) electrons. The Kier molecular flexibility index (Phi) is 5.40. The molecule has 3 heteroatoms. The summed E-state index contributed by atoms with van der Waals surface area (Å²) in [6.07, 6.45) is 4.95. The van der Waals surface area contributed by atoms with Crippen molar-refractivity contribution < 1.29 is 4.79 Å². The zero-order chi connectivity index (χ0) is 11.1. The Morgan fingerprint density at radius 2 is 2.00 bits per heavy atom. The number of nitrogens with one attached hydrogen (secondary N) is 1. The lowest BCUT2D eigenvalue weighted by Gasteiger charge is -2.13. The first-order chi connectivity index (χ1) is 7.20. The monoisotopic (exact) mass is 210 g/mol. The molecule has 1 N–H and O–H groups in total. The molecular formula is C12H22N2O. The van der Waals surface area contributed by atoms with Gasteiger partial charge in [-0.1, -0.05) is 6.58 Å².